The van der Waals surface area contributed by atoms with Gasteiger partial charge in [0.05, 0.1) is 12.0 Å². The molecule has 1 fully saturated rings. The van der Waals surface area contributed by atoms with E-state index in [0.29, 0.717) is 43.6 Å². The van der Waals surface area contributed by atoms with Gasteiger partial charge in [-0.25, -0.2) is 4.98 Å². The molecular weight excluding hydrogens is 376 g/mol. The second kappa shape index (κ2) is 7.59. The van der Waals surface area contributed by atoms with Crippen LogP contribution in [0.4, 0.5) is 5.82 Å². The van der Waals surface area contributed by atoms with Crippen LogP contribution in [0.5, 0.6) is 5.88 Å². The summed E-state index contributed by atoms with van der Waals surface area (Å²) >= 11 is 1.62. The molecule has 0 bridgehead atoms. The molecule has 1 saturated heterocycles. The molecule has 0 spiro atoms. The van der Waals surface area contributed by atoms with E-state index in [0.717, 1.165) is 16.4 Å². The Kier molecular flexibility index (Phi) is 4.99. The molecule has 1 amide bonds. The van der Waals surface area contributed by atoms with Gasteiger partial charge in [-0.3, -0.25) is 9.48 Å². The number of carbonyl (C=O) groups excluding carboxylic acids is 1. The fourth-order valence-corrected chi connectivity index (χ4v) is 3.99. The van der Waals surface area contributed by atoms with Gasteiger partial charge in [-0.05, 0) is 24.4 Å². The highest BCUT2D eigenvalue weighted by atomic mass is 32.1. The molecule has 0 radical (unpaired) electrons. The van der Waals surface area contributed by atoms with Crippen molar-refractivity contribution in [3.8, 4) is 16.5 Å². The number of piperazine rings is 1. The molecule has 3 aromatic heterocycles. The van der Waals surface area contributed by atoms with E-state index >= 15 is 0 Å². The van der Waals surface area contributed by atoms with E-state index in [2.05, 4.69) is 20.0 Å². The molecule has 0 aliphatic carbocycles. The smallest absolute Gasteiger partial charge is 0.272 e. The van der Waals surface area contributed by atoms with Crippen LogP contribution in [0.3, 0.4) is 0 Å². The van der Waals surface area contributed by atoms with Gasteiger partial charge >= 0.3 is 0 Å². The van der Waals surface area contributed by atoms with E-state index in [9.17, 15) is 4.79 Å². The molecule has 28 heavy (non-hydrogen) atoms. The first-order valence-corrected chi connectivity index (χ1v) is 9.95. The SMILES string of the molecule is COc1cc(N2CCN(C(=O)c3cc(-c4cccs4)nn3C)CC2)nc(C)n1. The fraction of sp³-hybridized carbons (Fsp3) is 0.368. The maximum Gasteiger partial charge on any atom is 0.272 e. The lowest BCUT2D eigenvalue weighted by Gasteiger charge is -2.35. The number of aryl methyl sites for hydroxylation is 2. The number of anilines is 1. The number of aromatic nitrogens is 4. The van der Waals surface area contributed by atoms with Gasteiger partial charge in [0, 0.05) is 39.3 Å². The molecule has 146 valence electrons. The third kappa shape index (κ3) is 3.57. The van der Waals surface area contributed by atoms with Gasteiger partial charge < -0.3 is 14.5 Å². The van der Waals surface area contributed by atoms with Crippen molar-refractivity contribution in [2.75, 3.05) is 38.2 Å². The van der Waals surface area contributed by atoms with Crippen molar-refractivity contribution in [2.45, 2.75) is 6.92 Å². The quantitative estimate of drug-likeness (QED) is 0.671. The number of thiophene rings is 1. The van der Waals surface area contributed by atoms with Crippen LogP contribution < -0.4 is 9.64 Å². The fourth-order valence-electron chi connectivity index (χ4n) is 3.30. The number of carbonyl (C=O) groups is 1. The lowest BCUT2D eigenvalue weighted by Crippen LogP contribution is -2.49. The highest BCUT2D eigenvalue weighted by Gasteiger charge is 2.26. The van der Waals surface area contributed by atoms with Gasteiger partial charge in [-0.15, -0.1) is 11.3 Å². The number of nitrogens with zero attached hydrogens (tertiary/aromatic N) is 6. The van der Waals surface area contributed by atoms with Gasteiger partial charge in [-0.1, -0.05) is 6.07 Å². The summed E-state index contributed by atoms with van der Waals surface area (Å²) in [5.41, 5.74) is 1.44. The zero-order chi connectivity index (χ0) is 19.7. The van der Waals surface area contributed by atoms with Crippen LogP contribution in [-0.4, -0.2) is 63.8 Å². The predicted molar refractivity (Wildman–Crippen MR) is 108 cm³/mol. The van der Waals surface area contributed by atoms with E-state index in [1.807, 2.05) is 48.5 Å². The zero-order valence-corrected chi connectivity index (χ0v) is 16.9. The molecule has 8 nitrogen and oxygen atoms in total. The summed E-state index contributed by atoms with van der Waals surface area (Å²) in [6.45, 7) is 4.52. The maximum absolute atomic E-state index is 13.0. The van der Waals surface area contributed by atoms with Crippen LogP contribution in [0.15, 0.2) is 29.6 Å². The molecule has 1 aliphatic heterocycles. The second-order valence-electron chi connectivity index (χ2n) is 6.61. The van der Waals surface area contributed by atoms with Gasteiger partial charge in [-0.2, -0.15) is 10.1 Å². The molecule has 0 aromatic carbocycles. The average molecular weight is 398 g/mol. The Morgan fingerprint density at radius 2 is 1.96 bits per heavy atom. The van der Waals surface area contributed by atoms with Crippen LogP contribution in [0.1, 0.15) is 16.3 Å². The van der Waals surface area contributed by atoms with Crippen LogP contribution >= 0.6 is 11.3 Å². The van der Waals surface area contributed by atoms with E-state index < -0.39 is 0 Å². The summed E-state index contributed by atoms with van der Waals surface area (Å²) in [7, 11) is 3.41. The Balaban J connectivity index is 1.45. The summed E-state index contributed by atoms with van der Waals surface area (Å²) in [6, 6.07) is 7.70. The first-order valence-electron chi connectivity index (χ1n) is 9.07. The minimum Gasteiger partial charge on any atom is -0.481 e. The number of ether oxygens (including phenoxy) is 1. The molecule has 9 heteroatoms. The van der Waals surface area contributed by atoms with Crippen molar-refractivity contribution < 1.29 is 9.53 Å². The summed E-state index contributed by atoms with van der Waals surface area (Å²) in [5.74, 6) is 2.06. The Labute approximate surface area is 167 Å². The van der Waals surface area contributed by atoms with E-state index in [-0.39, 0.29) is 5.91 Å². The zero-order valence-electron chi connectivity index (χ0n) is 16.1. The van der Waals surface area contributed by atoms with Crippen molar-refractivity contribution in [1.82, 2.24) is 24.6 Å². The monoisotopic (exact) mass is 398 g/mol. The second-order valence-corrected chi connectivity index (χ2v) is 7.56. The molecule has 0 atom stereocenters. The van der Waals surface area contributed by atoms with E-state index in [1.54, 1.807) is 23.1 Å². The topological polar surface area (TPSA) is 76.4 Å². The van der Waals surface area contributed by atoms with Crippen LogP contribution in [0, 0.1) is 6.92 Å². The van der Waals surface area contributed by atoms with E-state index in [4.69, 9.17) is 4.74 Å². The van der Waals surface area contributed by atoms with Crippen molar-refractivity contribution >= 4 is 23.1 Å². The number of amides is 1. The minimum absolute atomic E-state index is 0.00825. The average Bonchev–Trinajstić information content (AvgIpc) is 3.36. The number of hydrogen-bond donors (Lipinski definition) is 0. The van der Waals surface area contributed by atoms with Crippen LogP contribution in [0.2, 0.25) is 0 Å². The largest absolute Gasteiger partial charge is 0.481 e. The third-order valence-electron chi connectivity index (χ3n) is 4.77. The van der Waals surface area contributed by atoms with E-state index in [1.165, 1.54) is 0 Å². The van der Waals surface area contributed by atoms with Crippen LogP contribution in [0.25, 0.3) is 10.6 Å². The molecule has 0 saturated carbocycles. The van der Waals surface area contributed by atoms with Crippen molar-refractivity contribution in [2.24, 2.45) is 7.05 Å². The Morgan fingerprint density at radius 1 is 1.18 bits per heavy atom. The number of hydrogen-bond acceptors (Lipinski definition) is 7. The Hall–Kier alpha value is -2.94. The van der Waals surface area contributed by atoms with Gasteiger partial charge in [0.1, 0.15) is 23.0 Å². The van der Waals surface area contributed by atoms with Crippen molar-refractivity contribution in [3.05, 3.63) is 41.2 Å². The first kappa shape index (κ1) is 18.4. The minimum atomic E-state index is 0.00825. The summed E-state index contributed by atoms with van der Waals surface area (Å²) in [4.78, 5) is 26.8. The lowest BCUT2D eigenvalue weighted by atomic mass is 10.2. The predicted octanol–water partition coefficient (Wildman–Crippen LogP) is 2.22. The van der Waals surface area contributed by atoms with Crippen molar-refractivity contribution in [1.29, 1.82) is 0 Å². The lowest BCUT2D eigenvalue weighted by molar-refractivity contribution is 0.0735. The number of methoxy groups -OCH3 is 1. The molecule has 0 N–H and O–H groups in total. The van der Waals surface area contributed by atoms with Crippen LogP contribution in [-0.2, 0) is 7.05 Å². The summed E-state index contributed by atoms with van der Waals surface area (Å²) in [5, 5.41) is 6.51. The van der Waals surface area contributed by atoms with Crippen molar-refractivity contribution in [3.63, 3.8) is 0 Å². The van der Waals surface area contributed by atoms with Gasteiger partial charge in [0.15, 0.2) is 0 Å². The normalized spacial score (nSPS) is 14.4. The standard InChI is InChI=1S/C19H22N6O2S/c1-13-20-17(12-18(21-13)27-3)24-6-8-25(9-7-24)19(26)15-11-14(22-23(15)2)16-5-4-10-28-16/h4-5,10-12H,6-9H2,1-3H3. The van der Waals surface area contributed by atoms with Gasteiger partial charge in [0.2, 0.25) is 5.88 Å². The highest BCUT2D eigenvalue weighted by Crippen LogP contribution is 2.25. The Bertz CT molecular complexity index is 976. The molecule has 1 aliphatic rings. The molecule has 4 heterocycles. The summed E-state index contributed by atoms with van der Waals surface area (Å²) in [6.07, 6.45) is 0. The third-order valence-corrected chi connectivity index (χ3v) is 5.67. The molecular formula is C19H22N6O2S. The van der Waals surface area contributed by atoms with Gasteiger partial charge in [0.25, 0.3) is 5.91 Å². The number of rotatable bonds is 4. The summed E-state index contributed by atoms with van der Waals surface area (Å²) < 4.78 is 6.91. The first-order chi connectivity index (χ1) is 13.5. The maximum atomic E-state index is 13.0. The highest BCUT2D eigenvalue weighted by molar-refractivity contribution is 7.13. The molecule has 0 unspecified atom stereocenters. The molecule has 4 rings (SSSR count). The Morgan fingerprint density at radius 3 is 2.64 bits per heavy atom. The molecule has 3 aromatic rings.